The second kappa shape index (κ2) is 4.78. The number of nitrogens with one attached hydrogen (secondary N) is 1. The molecule has 0 saturated carbocycles. The van der Waals surface area contributed by atoms with E-state index in [9.17, 15) is 4.79 Å². The van der Waals surface area contributed by atoms with Gasteiger partial charge in [-0.3, -0.25) is 4.79 Å². The first-order chi connectivity index (χ1) is 7.34. The van der Waals surface area contributed by atoms with Gasteiger partial charge >= 0.3 is 0 Å². The van der Waals surface area contributed by atoms with Gasteiger partial charge < -0.3 is 5.32 Å². The summed E-state index contributed by atoms with van der Waals surface area (Å²) in [6.45, 7) is 0. The molecule has 2 rings (SSSR count). The molecule has 1 aromatic carbocycles. The summed E-state index contributed by atoms with van der Waals surface area (Å²) in [5.41, 5.74) is 2.62. The molecule has 2 heteroatoms. The second-order valence-electron chi connectivity index (χ2n) is 3.89. The van der Waals surface area contributed by atoms with Gasteiger partial charge in [0.1, 0.15) is 0 Å². The van der Waals surface area contributed by atoms with Crippen LogP contribution in [0.2, 0.25) is 0 Å². The largest absolute Gasteiger partial charge is 0.333 e. The molecule has 0 atom stereocenters. The molecule has 0 aromatic heterocycles. The van der Waals surface area contributed by atoms with E-state index in [2.05, 4.69) is 17.4 Å². The van der Waals surface area contributed by atoms with Gasteiger partial charge in [0.2, 0.25) is 5.91 Å². The molecule has 2 nitrogen and oxygen atoms in total. The van der Waals surface area contributed by atoms with Gasteiger partial charge in [-0.05, 0) is 30.4 Å². The zero-order chi connectivity index (χ0) is 10.5. The summed E-state index contributed by atoms with van der Waals surface area (Å²) in [6, 6.07) is 10.4. The molecule has 1 amide bonds. The van der Waals surface area contributed by atoms with Gasteiger partial charge in [-0.1, -0.05) is 30.3 Å². The molecule has 1 aliphatic heterocycles. The Hall–Kier alpha value is -1.57. The van der Waals surface area contributed by atoms with Crippen molar-refractivity contribution in [1.82, 2.24) is 5.32 Å². The van der Waals surface area contributed by atoms with Gasteiger partial charge in [-0.15, -0.1) is 0 Å². The lowest BCUT2D eigenvalue weighted by atomic mass is 10.0. The molecule has 78 valence electrons. The van der Waals surface area contributed by atoms with Crippen LogP contribution in [0.1, 0.15) is 24.8 Å². The molecule has 0 radical (unpaired) electrons. The Labute approximate surface area is 90.0 Å². The first-order valence-electron chi connectivity index (χ1n) is 5.36. The van der Waals surface area contributed by atoms with Crippen LogP contribution in [-0.4, -0.2) is 5.91 Å². The smallest absolute Gasteiger partial charge is 0.223 e. The Bertz CT molecular complexity index is 367. The predicted molar refractivity (Wildman–Crippen MR) is 60.2 cm³/mol. The maximum Gasteiger partial charge on any atom is 0.223 e. The highest BCUT2D eigenvalue weighted by Gasteiger charge is 2.07. The Balaban J connectivity index is 2.02. The SMILES string of the molecule is O=C1CCCC(Cc2ccccc2)=CN1. The molecule has 15 heavy (non-hydrogen) atoms. The van der Waals surface area contributed by atoms with Crippen molar-refractivity contribution in [2.24, 2.45) is 0 Å². The Kier molecular flexibility index (Phi) is 3.18. The lowest BCUT2D eigenvalue weighted by molar-refractivity contribution is -0.120. The lowest BCUT2D eigenvalue weighted by Crippen LogP contribution is -2.14. The summed E-state index contributed by atoms with van der Waals surface area (Å²) >= 11 is 0. The molecule has 1 N–H and O–H groups in total. The molecule has 0 aliphatic carbocycles. The summed E-state index contributed by atoms with van der Waals surface area (Å²) in [7, 11) is 0. The van der Waals surface area contributed by atoms with Crippen molar-refractivity contribution in [3.63, 3.8) is 0 Å². The fourth-order valence-electron chi connectivity index (χ4n) is 1.80. The normalized spacial score (nSPS) is 16.5. The average Bonchev–Trinajstić information content (AvgIpc) is 2.46. The zero-order valence-electron chi connectivity index (χ0n) is 8.70. The van der Waals surface area contributed by atoms with Crippen molar-refractivity contribution < 1.29 is 4.79 Å². The van der Waals surface area contributed by atoms with Crippen molar-refractivity contribution in [3.8, 4) is 0 Å². The third-order valence-electron chi connectivity index (χ3n) is 2.61. The highest BCUT2D eigenvalue weighted by molar-refractivity contribution is 5.77. The van der Waals surface area contributed by atoms with Gasteiger partial charge in [0, 0.05) is 12.6 Å². The third kappa shape index (κ3) is 2.94. The molecule has 0 fully saturated rings. The number of rotatable bonds is 2. The van der Waals surface area contributed by atoms with Crippen LogP contribution in [0.4, 0.5) is 0 Å². The average molecular weight is 201 g/mol. The number of hydrogen-bond acceptors (Lipinski definition) is 1. The predicted octanol–water partition coefficient (Wildman–Crippen LogP) is 2.41. The van der Waals surface area contributed by atoms with Crippen LogP contribution in [-0.2, 0) is 11.2 Å². The highest BCUT2D eigenvalue weighted by atomic mass is 16.1. The first kappa shape index (κ1) is 9.97. The van der Waals surface area contributed by atoms with E-state index in [4.69, 9.17) is 0 Å². The Morgan fingerprint density at radius 1 is 1.13 bits per heavy atom. The standard InChI is InChI=1S/C13H15NO/c15-13-8-4-7-12(10-14-13)9-11-5-2-1-3-6-11/h1-3,5-6,10H,4,7-9H2,(H,14,15). The molecule has 1 aliphatic rings. The number of benzene rings is 1. The van der Waals surface area contributed by atoms with Crippen molar-refractivity contribution in [1.29, 1.82) is 0 Å². The summed E-state index contributed by atoms with van der Waals surface area (Å²) in [4.78, 5) is 11.1. The number of hydrogen-bond donors (Lipinski definition) is 1. The fraction of sp³-hybridized carbons (Fsp3) is 0.308. The van der Waals surface area contributed by atoms with Crippen LogP contribution in [0.5, 0.6) is 0 Å². The van der Waals surface area contributed by atoms with E-state index in [1.807, 2.05) is 24.4 Å². The third-order valence-corrected chi connectivity index (χ3v) is 2.61. The number of carbonyl (C=O) groups is 1. The molecule has 0 spiro atoms. The molecule has 0 unspecified atom stereocenters. The van der Waals surface area contributed by atoms with Gasteiger partial charge in [0.05, 0.1) is 0 Å². The topological polar surface area (TPSA) is 29.1 Å². The number of amides is 1. The molecule has 0 bridgehead atoms. The van der Waals surface area contributed by atoms with Gasteiger partial charge in [-0.2, -0.15) is 0 Å². The lowest BCUT2D eigenvalue weighted by Gasteiger charge is -2.04. The summed E-state index contributed by atoms with van der Waals surface area (Å²) in [5.74, 6) is 0.137. The zero-order valence-corrected chi connectivity index (χ0v) is 8.70. The molecule has 1 aromatic rings. The quantitative estimate of drug-likeness (QED) is 0.782. The summed E-state index contributed by atoms with van der Waals surface area (Å²) < 4.78 is 0. The maximum absolute atomic E-state index is 11.1. The van der Waals surface area contributed by atoms with Crippen LogP contribution in [0.15, 0.2) is 42.1 Å². The fourth-order valence-corrected chi connectivity index (χ4v) is 1.80. The van der Waals surface area contributed by atoms with Crippen LogP contribution in [0.3, 0.4) is 0 Å². The van der Waals surface area contributed by atoms with E-state index in [1.165, 1.54) is 11.1 Å². The Morgan fingerprint density at radius 3 is 2.73 bits per heavy atom. The van der Waals surface area contributed by atoms with Crippen LogP contribution >= 0.6 is 0 Å². The van der Waals surface area contributed by atoms with Crippen molar-refractivity contribution in [2.45, 2.75) is 25.7 Å². The highest BCUT2D eigenvalue weighted by Crippen LogP contribution is 2.15. The van der Waals surface area contributed by atoms with Crippen molar-refractivity contribution >= 4 is 5.91 Å². The molecular formula is C13H15NO. The van der Waals surface area contributed by atoms with E-state index >= 15 is 0 Å². The molecular weight excluding hydrogens is 186 g/mol. The molecule has 0 saturated heterocycles. The van der Waals surface area contributed by atoms with Crippen LogP contribution in [0, 0.1) is 0 Å². The van der Waals surface area contributed by atoms with E-state index in [1.54, 1.807) is 0 Å². The van der Waals surface area contributed by atoms with E-state index in [0.29, 0.717) is 6.42 Å². The monoisotopic (exact) mass is 201 g/mol. The minimum atomic E-state index is 0.137. The van der Waals surface area contributed by atoms with Gasteiger partial charge in [-0.25, -0.2) is 0 Å². The minimum absolute atomic E-state index is 0.137. The van der Waals surface area contributed by atoms with Crippen LogP contribution < -0.4 is 5.32 Å². The second-order valence-corrected chi connectivity index (χ2v) is 3.89. The summed E-state index contributed by atoms with van der Waals surface area (Å²) in [5, 5.41) is 2.81. The molecule has 1 heterocycles. The Morgan fingerprint density at radius 2 is 1.93 bits per heavy atom. The van der Waals surface area contributed by atoms with E-state index in [-0.39, 0.29) is 5.91 Å². The van der Waals surface area contributed by atoms with Crippen molar-refractivity contribution in [3.05, 3.63) is 47.7 Å². The first-order valence-corrected chi connectivity index (χ1v) is 5.36. The van der Waals surface area contributed by atoms with Crippen molar-refractivity contribution in [2.75, 3.05) is 0 Å². The number of carbonyl (C=O) groups excluding carboxylic acids is 1. The minimum Gasteiger partial charge on any atom is -0.333 e. The van der Waals surface area contributed by atoms with E-state index in [0.717, 1.165) is 19.3 Å². The van der Waals surface area contributed by atoms with E-state index < -0.39 is 0 Å². The van der Waals surface area contributed by atoms with Gasteiger partial charge in [0.25, 0.3) is 0 Å². The number of allylic oxidation sites excluding steroid dienone is 1. The maximum atomic E-state index is 11.1. The van der Waals surface area contributed by atoms with Crippen LogP contribution in [0.25, 0.3) is 0 Å². The summed E-state index contributed by atoms with van der Waals surface area (Å²) in [6.07, 6.45) is 5.45. The van der Waals surface area contributed by atoms with Gasteiger partial charge in [0.15, 0.2) is 0 Å².